The maximum Gasteiger partial charge on any atom is 0.416 e. The molecule has 0 aliphatic carbocycles. The van der Waals surface area contributed by atoms with Crippen molar-refractivity contribution in [1.82, 2.24) is 4.98 Å². The summed E-state index contributed by atoms with van der Waals surface area (Å²) in [4.78, 5) is 31.6. The smallest absolute Gasteiger partial charge is 0.416 e. The van der Waals surface area contributed by atoms with Gasteiger partial charge in [0, 0.05) is 29.1 Å². The minimum Gasteiger partial charge on any atom is -0.480 e. The average molecular weight is 515 g/mol. The van der Waals surface area contributed by atoms with Crippen molar-refractivity contribution in [1.29, 1.82) is 0 Å². The zero-order valence-electron chi connectivity index (χ0n) is 18.8. The number of para-hydroxylation sites is 1. The molecule has 0 saturated carbocycles. The van der Waals surface area contributed by atoms with E-state index in [-0.39, 0.29) is 0 Å². The summed E-state index contributed by atoms with van der Waals surface area (Å²) in [6, 6.07) is 15.0. The van der Waals surface area contributed by atoms with E-state index in [0.717, 1.165) is 28.6 Å². The summed E-state index contributed by atoms with van der Waals surface area (Å²) < 4.78 is 37.9. The van der Waals surface area contributed by atoms with Gasteiger partial charge in [-0.2, -0.15) is 13.2 Å². The Hall–Kier alpha value is -4.36. The van der Waals surface area contributed by atoms with E-state index in [2.05, 4.69) is 22.1 Å². The Morgan fingerprint density at radius 2 is 1.67 bits per heavy atom. The first-order valence-electron chi connectivity index (χ1n) is 10.2. The summed E-state index contributed by atoms with van der Waals surface area (Å²) >= 11 is 1.29. The molecule has 0 saturated heterocycles. The van der Waals surface area contributed by atoms with Crippen LogP contribution in [-0.4, -0.2) is 35.7 Å². The van der Waals surface area contributed by atoms with Gasteiger partial charge >= 0.3 is 12.1 Å². The highest BCUT2D eigenvalue weighted by atomic mass is 32.1. The van der Waals surface area contributed by atoms with E-state index in [0.29, 0.717) is 21.9 Å². The second-order valence-corrected chi connectivity index (χ2v) is 8.17. The first-order valence-corrected chi connectivity index (χ1v) is 11.0. The van der Waals surface area contributed by atoms with E-state index in [9.17, 15) is 23.1 Å². The molecule has 4 rings (SSSR count). The number of carbonyl (C=O) groups excluding carboxylic acids is 2. The molecule has 4 aromatic rings. The molecule has 0 amide bonds. The molecule has 0 bridgehead atoms. The number of H-pyrrole nitrogens is 1. The van der Waals surface area contributed by atoms with Crippen molar-refractivity contribution in [3.05, 3.63) is 88.4 Å². The summed E-state index contributed by atoms with van der Waals surface area (Å²) in [5.41, 5.74) is 1.59. The quantitative estimate of drug-likeness (QED) is 0.311. The number of halogens is 3. The molecule has 10 heteroatoms. The summed E-state index contributed by atoms with van der Waals surface area (Å²) in [7, 11) is 0. The van der Waals surface area contributed by atoms with Crippen LogP contribution >= 0.6 is 11.3 Å². The number of hydrogen-bond donors (Lipinski definition) is 3. The van der Waals surface area contributed by atoms with Gasteiger partial charge in [-0.25, -0.2) is 4.79 Å². The van der Waals surface area contributed by atoms with Crippen molar-refractivity contribution in [2.24, 2.45) is 0 Å². The number of hydrogen-bond acceptors (Lipinski definition) is 5. The van der Waals surface area contributed by atoms with Crippen LogP contribution in [0.4, 0.5) is 18.2 Å². The minimum absolute atomic E-state index is 0.295. The van der Waals surface area contributed by atoms with Gasteiger partial charge in [0.2, 0.25) is 0 Å². The number of anilines is 1. The SMILES string of the molecule is C=O.C=O.O=C(O)[C@@H](Cc1c[nH]c2ccccc12)Nc1ccc(C#Cc2ccc(C(F)(F)F)cc2)s1. The van der Waals surface area contributed by atoms with Gasteiger partial charge in [-0.15, -0.1) is 11.3 Å². The van der Waals surface area contributed by atoms with Gasteiger partial charge in [0.15, 0.2) is 0 Å². The van der Waals surface area contributed by atoms with Gasteiger partial charge in [-0.3, -0.25) is 0 Å². The van der Waals surface area contributed by atoms with Crippen LogP contribution in [0, 0.1) is 11.8 Å². The number of aromatic nitrogens is 1. The van der Waals surface area contributed by atoms with Crippen LogP contribution in [-0.2, 0) is 27.0 Å². The topological polar surface area (TPSA) is 99.3 Å². The summed E-state index contributed by atoms with van der Waals surface area (Å²) in [5, 5.41) is 14.3. The van der Waals surface area contributed by atoms with Crippen molar-refractivity contribution in [2.75, 3.05) is 5.32 Å². The maximum atomic E-state index is 12.6. The third-order valence-electron chi connectivity index (χ3n) is 4.86. The van der Waals surface area contributed by atoms with Crippen LogP contribution in [0.2, 0.25) is 0 Å². The molecule has 0 fully saturated rings. The molecule has 2 heterocycles. The summed E-state index contributed by atoms with van der Waals surface area (Å²) in [6.45, 7) is 4.00. The molecule has 2 aromatic heterocycles. The van der Waals surface area contributed by atoms with Gasteiger partial charge in [-0.1, -0.05) is 30.0 Å². The van der Waals surface area contributed by atoms with Gasteiger partial charge < -0.3 is 25.0 Å². The number of benzene rings is 2. The number of carbonyl (C=O) groups is 3. The molecule has 0 spiro atoms. The van der Waals surface area contributed by atoms with Gasteiger partial charge in [-0.05, 0) is 48.0 Å². The molecule has 3 N–H and O–H groups in total. The van der Waals surface area contributed by atoms with Crippen molar-refractivity contribution in [2.45, 2.75) is 18.6 Å². The van der Waals surface area contributed by atoms with Crippen LogP contribution in [0.25, 0.3) is 10.9 Å². The van der Waals surface area contributed by atoms with Crippen LogP contribution in [0.3, 0.4) is 0 Å². The van der Waals surface area contributed by atoms with E-state index < -0.39 is 23.8 Å². The fourth-order valence-electron chi connectivity index (χ4n) is 3.25. The van der Waals surface area contributed by atoms with E-state index in [1.165, 1.54) is 23.5 Å². The second-order valence-electron chi connectivity index (χ2n) is 7.09. The lowest BCUT2D eigenvalue weighted by molar-refractivity contribution is -0.138. The number of aliphatic carboxylic acids is 1. The van der Waals surface area contributed by atoms with Crippen LogP contribution in [0.5, 0.6) is 0 Å². The van der Waals surface area contributed by atoms with Crippen LogP contribution in [0.1, 0.15) is 21.6 Å². The Morgan fingerprint density at radius 1 is 1.00 bits per heavy atom. The molecule has 36 heavy (non-hydrogen) atoms. The largest absolute Gasteiger partial charge is 0.480 e. The van der Waals surface area contributed by atoms with Gasteiger partial charge in [0.25, 0.3) is 0 Å². The second kappa shape index (κ2) is 12.9. The number of nitrogens with one attached hydrogen (secondary N) is 2. The Kier molecular flexibility index (Phi) is 10.0. The van der Waals surface area contributed by atoms with Crippen LogP contribution in [0.15, 0.2) is 66.9 Å². The third kappa shape index (κ3) is 7.32. The zero-order chi connectivity index (χ0) is 26.7. The molecular formula is C26H21F3N2O4S. The number of fused-ring (bicyclic) bond motifs is 1. The van der Waals surface area contributed by atoms with E-state index >= 15 is 0 Å². The van der Waals surface area contributed by atoms with Crippen molar-refractivity contribution in [3.63, 3.8) is 0 Å². The Balaban J connectivity index is 0.00000109. The van der Waals surface area contributed by atoms with Gasteiger partial charge in [0.1, 0.15) is 19.6 Å². The molecular weight excluding hydrogens is 493 g/mol. The van der Waals surface area contributed by atoms with Gasteiger partial charge in [0.05, 0.1) is 15.4 Å². The fourth-order valence-corrected chi connectivity index (χ4v) is 4.06. The lowest BCUT2D eigenvalue weighted by Crippen LogP contribution is -2.31. The predicted octanol–water partition coefficient (Wildman–Crippen LogP) is 5.39. The highest BCUT2D eigenvalue weighted by Crippen LogP contribution is 2.29. The number of carboxylic acid groups (broad SMARTS) is 1. The number of aromatic amines is 1. The average Bonchev–Trinajstić information content (AvgIpc) is 3.51. The molecule has 0 aliphatic heterocycles. The fraction of sp³-hybridized carbons (Fsp3) is 0.115. The first kappa shape index (κ1) is 27.9. The number of carboxylic acids is 1. The molecule has 6 nitrogen and oxygen atoms in total. The van der Waals surface area contributed by atoms with E-state index in [4.69, 9.17) is 9.59 Å². The molecule has 0 radical (unpaired) electrons. The van der Waals surface area contributed by atoms with Crippen molar-refractivity contribution in [3.8, 4) is 11.8 Å². The maximum absolute atomic E-state index is 12.6. The lowest BCUT2D eigenvalue weighted by Gasteiger charge is -2.13. The Labute approximate surface area is 208 Å². The minimum atomic E-state index is -4.38. The first-order chi connectivity index (χ1) is 17.3. The third-order valence-corrected chi connectivity index (χ3v) is 5.79. The number of alkyl halides is 3. The predicted molar refractivity (Wildman–Crippen MR) is 133 cm³/mol. The normalized spacial score (nSPS) is 11.1. The van der Waals surface area contributed by atoms with Crippen LogP contribution < -0.4 is 5.32 Å². The Morgan fingerprint density at radius 3 is 2.31 bits per heavy atom. The molecule has 0 aliphatic rings. The highest BCUT2D eigenvalue weighted by molar-refractivity contribution is 7.16. The number of thiophene rings is 1. The lowest BCUT2D eigenvalue weighted by atomic mass is 10.1. The number of rotatable bonds is 5. The zero-order valence-corrected chi connectivity index (χ0v) is 19.6. The van der Waals surface area contributed by atoms with E-state index in [1.54, 1.807) is 12.1 Å². The van der Waals surface area contributed by atoms with Crippen molar-refractivity contribution < 1.29 is 32.7 Å². The highest BCUT2D eigenvalue weighted by Gasteiger charge is 2.29. The summed E-state index contributed by atoms with van der Waals surface area (Å²) in [6.07, 6.45) is -2.27. The molecule has 186 valence electrons. The molecule has 2 aromatic carbocycles. The van der Waals surface area contributed by atoms with E-state index in [1.807, 2.05) is 44.0 Å². The molecule has 1 atom stereocenters. The monoisotopic (exact) mass is 514 g/mol. The summed E-state index contributed by atoms with van der Waals surface area (Å²) in [5.74, 6) is 4.77. The standard InChI is InChI=1S/C24H17F3N2O2S.2CH2O/c25-24(26,27)17-8-5-15(6-9-17)7-10-18-11-12-22(32-18)29-21(23(30)31)13-16-14-28-20-4-2-1-3-19(16)20;2*1-2/h1-6,8-9,11-12,14,21,28-29H,13H2,(H,30,31);2*1H2/t21-;;/m1../s1. The molecule has 0 unspecified atom stereocenters. The van der Waals surface area contributed by atoms with Crippen molar-refractivity contribution >= 4 is 46.8 Å². The Bertz CT molecular complexity index is 1350.